The number of rotatable bonds is 5. The summed E-state index contributed by atoms with van der Waals surface area (Å²) in [6.45, 7) is 9.52. The molecule has 3 aromatic rings. The van der Waals surface area contributed by atoms with Gasteiger partial charge in [-0.1, -0.05) is 15.9 Å². The number of benzene rings is 2. The van der Waals surface area contributed by atoms with Gasteiger partial charge in [-0.25, -0.2) is 4.98 Å². The Labute approximate surface area is 243 Å². The first kappa shape index (κ1) is 28.2. The van der Waals surface area contributed by atoms with E-state index in [2.05, 4.69) is 40.0 Å². The summed E-state index contributed by atoms with van der Waals surface area (Å²) in [5.74, 6) is 0.462. The van der Waals surface area contributed by atoms with Gasteiger partial charge in [0.1, 0.15) is 5.82 Å². The molecule has 0 radical (unpaired) electrons. The number of nitrogens with zero attached hydrogens (tertiary/aromatic N) is 4. The van der Waals surface area contributed by atoms with E-state index in [1.165, 1.54) is 0 Å². The molecule has 2 amide bonds. The zero-order chi connectivity index (χ0) is 28.7. The fraction of sp³-hybridized carbons (Fsp3) is 0.419. The van der Waals surface area contributed by atoms with E-state index in [-0.39, 0.29) is 36.0 Å². The molecule has 210 valence electrons. The van der Waals surface area contributed by atoms with Crippen molar-refractivity contribution in [1.82, 2.24) is 24.7 Å². The van der Waals surface area contributed by atoms with Crippen LogP contribution in [-0.2, 0) is 13.0 Å². The van der Waals surface area contributed by atoms with Gasteiger partial charge in [-0.2, -0.15) is 0 Å². The van der Waals surface area contributed by atoms with Gasteiger partial charge in [0.15, 0.2) is 0 Å². The third-order valence-electron chi connectivity index (χ3n) is 8.18. The molecule has 1 unspecified atom stereocenters. The molecular weight excluding hydrogens is 570 g/mol. The second kappa shape index (κ2) is 11.3. The number of hydrogen-bond acceptors (Lipinski definition) is 5. The van der Waals surface area contributed by atoms with Crippen LogP contribution in [0.5, 0.6) is 0 Å². The lowest BCUT2D eigenvalue weighted by Gasteiger charge is -2.36. The number of halogens is 1. The highest BCUT2D eigenvalue weighted by Gasteiger charge is 2.36. The number of nitrogens with one attached hydrogen (secondary N) is 1. The van der Waals surface area contributed by atoms with Crippen LogP contribution in [0.1, 0.15) is 83.0 Å². The largest absolute Gasteiger partial charge is 0.355 e. The number of likely N-dealkylation sites (tertiary alicyclic amines) is 1. The van der Waals surface area contributed by atoms with Crippen LogP contribution in [0.4, 0.5) is 0 Å². The minimum atomic E-state index is -0.177. The maximum atomic E-state index is 14.2. The van der Waals surface area contributed by atoms with Gasteiger partial charge in [-0.05, 0) is 102 Å². The summed E-state index contributed by atoms with van der Waals surface area (Å²) in [6, 6.07) is 12.9. The quantitative estimate of drug-likeness (QED) is 0.451. The number of aryl methyl sites for hydroxylation is 1. The van der Waals surface area contributed by atoms with E-state index in [1.54, 1.807) is 23.7 Å². The molecule has 2 aliphatic rings. The van der Waals surface area contributed by atoms with Crippen molar-refractivity contribution < 1.29 is 9.59 Å². The summed E-state index contributed by atoms with van der Waals surface area (Å²) in [4.78, 5) is 49.4. The standard InChI is InChI=1S/C31H36BrN5O3/c1-18(2)35-14-6-7-27(35)28-34-26-17-36(30(39)22-10-13-25(32)19(3)15-22)20(4)16-24(26)31(40)37(28)23-11-8-21(9-12-23)29(38)33-5/h8-13,15,18,20,27H,6-7,14,16-17H2,1-5H3,(H,33,38)/t20?,27-/m0/s1. The maximum absolute atomic E-state index is 14.2. The Morgan fingerprint density at radius 3 is 2.45 bits per heavy atom. The Balaban J connectivity index is 1.61. The van der Waals surface area contributed by atoms with Crippen LogP contribution in [0.15, 0.2) is 51.7 Å². The highest BCUT2D eigenvalue weighted by molar-refractivity contribution is 9.10. The monoisotopic (exact) mass is 605 g/mol. The lowest BCUT2D eigenvalue weighted by atomic mass is 9.97. The van der Waals surface area contributed by atoms with E-state index in [0.717, 1.165) is 29.4 Å². The number of carbonyl (C=O) groups excluding carboxylic acids is 2. The third-order valence-corrected chi connectivity index (χ3v) is 9.07. The number of fused-ring (bicyclic) bond motifs is 1. The number of hydrogen-bond donors (Lipinski definition) is 1. The van der Waals surface area contributed by atoms with Crippen LogP contribution in [0.2, 0.25) is 0 Å². The SMILES string of the molecule is CNC(=O)c1ccc(-n2c([C@@H]3CCCN3C(C)C)nc3c(c2=O)CC(C)N(C(=O)c2ccc(Br)c(C)c2)C3)cc1. The minimum absolute atomic E-state index is 0.0192. The lowest BCUT2D eigenvalue weighted by molar-refractivity contribution is 0.0651. The van der Waals surface area contributed by atoms with Crippen LogP contribution in [-0.4, -0.2) is 56.8 Å². The molecule has 40 heavy (non-hydrogen) atoms. The van der Waals surface area contributed by atoms with Crippen molar-refractivity contribution in [2.75, 3.05) is 13.6 Å². The summed E-state index contributed by atoms with van der Waals surface area (Å²) < 4.78 is 2.70. The molecule has 0 aliphatic carbocycles. The zero-order valence-corrected chi connectivity index (χ0v) is 25.3. The van der Waals surface area contributed by atoms with Crippen LogP contribution in [0.25, 0.3) is 5.69 Å². The maximum Gasteiger partial charge on any atom is 0.261 e. The van der Waals surface area contributed by atoms with Crippen molar-refractivity contribution in [1.29, 1.82) is 0 Å². The molecule has 0 saturated carbocycles. The molecule has 2 aromatic carbocycles. The summed E-state index contributed by atoms with van der Waals surface area (Å²) in [7, 11) is 1.60. The first-order valence-electron chi connectivity index (χ1n) is 13.9. The molecule has 1 fully saturated rings. The van der Waals surface area contributed by atoms with E-state index in [0.29, 0.717) is 46.4 Å². The van der Waals surface area contributed by atoms with Gasteiger partial charge >= 0.3 is 0 Å². The predicted octanol–water partition coefficient (Wildman–Crippen LogP) is 4.80. The first-order chi connectivity index (χ1) is 19.1. The molecule has 0 bridgehead atoms. The van der Waals surface area contributed by atoms with Crippen molar-refractivity contribution in [2.24, 2.45) is 0 Å². The van der Waals surface area contributed by atoms with Gasteiger partial charge in [-0.15, -0.1) is 0 Å². The van der Waals surface area contributed by atoms with E-state index >= 15 is 0 Å². The highest BCUT2D eigenvalue weighted by Crippen LogP contribution is 2.34. The fourth-order valence-corrected chi connectivity index (χ4v) is 6.20. The number of carbonyl (C=O) groups is 2. The molecule has 5 rings (SSSR count). The molecule has 1 saturated heterocycles. The fourth-order valence-electron chi connectivity index (χ4n) is 5.96. The topological polar surface area (TPSA) is 87.5 Å². The minimum Gasteiger partial charge on any atom is -0.355 e. The molecule has 1 N–H and O–H groups in total. The van der Waals surface area contributed by atoms with E-state index in [1.807, 2.05) is 49.1 Å². The molecule has 3 heterocycles. The van der Waals surface area contributed by atoms with Gasteiger partial charge in [-0.3, -0.25) is 23.9 Å². The average Bonchev–Trinajstić information content (AvgIpc) is 3.44. The summed E-state index contributed by atoms with van der Waals surface area (Å²) >= 11 is 3.52. The predicted molar refractivity (Wildman–Crippen MR) is 159 cm³/mol. The molecule has 9 heteroatoms. The molecule has 1 aromatic heterocycles. The van der Waals surface area contributed by atoms with Crippen molar-refractivity contribution in [3.8, 4) is 5.69 Å². The molecular formula is C31H36BrN5O3. The highest BCUT2D eigenvalue weighted by atomic mass is 79.9. The zero-order valence-electron chi connectivity index (χ0n) is 23.7. The first-order valence-corrected chi connectivity index (χ1v) is 14.7. The number of aromatic nitrogens is 2. The smallest absolute Gasteiger partial charge is 0.261 e. The summed E-state index contributed by atoms with van der Waals surface area (Å²) in [6.07, 6.45) is 2.35. The van der Waals surface area contributed by atoms with Crippen molar-refractivity contribution in [2.45, 2.75) is 71.6 Å². The van der Waals surface area contributed by atoms with Gasteiger partial charge in [0, 0.05) is 40.3 Å². The normalized spacial score (nSPS) is 19.1. The Morgan fingerprint density at radius 2 is 1.80 bits per heavy atom. The second-order valence-electron chi connectivity index (χ2n) is 11.1. The van der Waals surface area contributed by atoms with Crippen LogP contribution in [0.3, 0.4) is 0 Å². The molecule has 2 aliphatic heterocycles. The van der Waals surface area contributed by atoms with E-state index in [9.17, 15) is 14.4 Å². The van der Waals surface area contributed by atoms with Crippen LogP contribution >= 0.6 is 15.9 Å². The lowest BCUT2D eigenvalue weighted by Crippen LogP contribution is -2.46. The summed E-state index contributed by atoms with van der Waals surface area (Å²) in [5.41, 5.74) is 4.07. The Morgan fingerprint density at radius 1 is 1.10 bits per heavy atom. The van der Waals surface area contributed by atoms with Crippen LogP contribution < -0.4 is 10.9 Å². The van der Waals surface area contributed by atoms with E-state index in [4.69, 9.17) is 4.98 Å². The Bertz CT molecular complexity index is 1510. The Hall–Kier alpha value is -3.30. The number of amides is 2. The summed E-state index contributed by atoms with van der Waals surface area (Å²) in [5, 5.41) is 2.64. The molecule has 2 atom stereocenters. The van der Waals surface area contributed by atoms with E-state index < -0.39 is 0 Å². The van der Waals surface area contributed by atoms with Gasteiger partial charge in [0.25, 0.3) is 17.4 Å². The van der Waals surface area contributed by atoms with Crippen molar-refractivity contribution in [3.05, 3.63) is 91.1 Å². The third kappa shape index (κ3) is 5.12. The van der Waals surface area contributed by atoms with Gasteiger partial charge < -0.3 is 10.2 Å². The molecule has 8 nitrogen and oxygen atoms in total. The van der Waals surface area contributed by atoms with Crippen LogP contribution in [0, 0.1) is 6.92 Å². The van der Waals surface area contributed by atoms with Crippen molar-refractivity contribution in [3.63, 3.8) is 0 Å². The Kier molecular flexibility index (Phi) is 7.97. The van der Waals surface area contributed by atoms with Gasteiger partial charge in [0.2, 0.25) is 0 Å². The van der Waals surface area contributed by atoms with Crippen molar-refractivity contribution >= 4 is 27.7 Å². The second-order valence-corrected chi connectivity index (χ2v) is 12.0. The van der Waals surface area contributed by atoms with Gasteiger partial charge in [0.05, 0.1) is 24.0 Å². The average molecular weight is 607 g/mol. The molecule has 0 spiro atoms.